The largest absolute Gasteiger partial charge is 0.381 e. The Morgan fingerprint density at radius 1 is 1.24 bits per heavy atom. The van der Waals surface area contributed by atoms with Crippen molar-refractivity contribution in [2.45, 2.75) is 23.8 Å². The van der Waals surface area contributed by atoms with Crippen LogP contribution in [0.3, 0.4) is 0 Å². The van der Waals surface area contributed by atoms with E-state index in [2.05, 4.69) is 0 Å². The molecule has 0 spiro atoms. The first kappa shape index (κ1) is 14.3. The lowest BCUT2D eigenvalue weighted by atomic mass is 10.00. The first-order chi connectivity index (χ1) is 9.93. The standard InChI is InChI=1S/C15H17NO4S/c1-12-4-6-13(7-5-12)21(18,19)16-9-2-3-14(16)15(17)8-10-20-11-15/h2-7,9,17H,8,10-11H2,1H3. The van der Waals surface area contributed by atoms with E-state index in [1.807, 2.05) is 6.92 Å². The molecule has 6 heteroatoms. The van der Waals surface area contributed by atoms with Gasteiger partial charge in [-0.25, -0.2) is 12.4 Å². The van der Waals surface area contributed by atoms with Gasteiger partial charge in [0.15, 0.2) is 0 Å². The molecule has 1 aromatic heterocycles. The summed E-state index contributed by atoms with van der Waals surface area (Å²) in [5, 5.41) is 10.6. The van der Waals surface area contributed by atoms with E-state index >= 15 is 0 Å². The zero-order chi connectivity index (χ0) is 15.1. The van der Waals surface area contributed by atoms with Gasteiger partial charge in [-0.1, -0.05) is 17.7 Å². The molecule has 1 unspecified atom stereocenters. The summed E-state index contributed by atoms with van der Waals surface area (Å²) in [5.74, 6) is 0. The van der Waals surface area contributed by atoms with Crippen LogP contribution in [0.15, 0.2) is 47.5 Å². The normalized spacial score (nSPS) is 22.6. The van der Waals surface area contributed by atoms with Crippen LogP contribution in [0.25, 0.3) is 0 Å². The molecule has 0 amide bonds. The number of ether oxygens (including phenoxy) is 1. The van der Waals surface area contributed by atoms with Gasteiger partial charge in [0, 0.05) is 19.2 Å². The monoisotopic (exact) mass is 307 g/mol. The van der Waals surface area contributed by atoms with Crippen molar-refractivity contribution in [1.29, 1.82) is 0 Å². The number of aliphatic hydroxyl groups is 1. The lowest BCUT2D eigenvalue weighted by Crippen LogP contribution is -2.31. The molecule has 0 bridgehead atoms. The summed E-state index contributed by atoms with van der Waals surface area (Å²) in [6.07, 6.45) is 1.85. The predicted molar refractivity (Wildman–Crippen MR) is 77.5 cm³/mol. The van der Waals surface area contributed by atoms with Crippen LogP contribution in [0.4, 0.5) is 0 Å². The Labute approximate surface area is 123 Å². The lowest BCUT2D eigenvalue weighted by Gasteiger charge is -2.22. The van der Waals surface area contributed by atoms with Gasteiger partial charge in [-0.2, -0.15) is 0 Å². The maximum atomic E-state index is 12.7. The van der Waals surface area contributed by atoms with Crippen molar-refractivity contribution in [2.24, 2.45) is 0 Å². The van der Waals surface area contributed by atoms with E-state index in [0.717, 1.165) is 9.54 Å². The summed E-state index contributed by atoms with van der Waals surface area (Å²) in [5.41, 5.74) is 0.0893. The second-order valence-electron chi connectivity index (χ2n) is 5.34. The first-order valence-corrected chi connectivity index (χ1v) is 8.18. The van der Waals surface area contributed by atoms with Gasteiger partial charge in [0.2, 0.25) is 0 Å². The van der Waals surface area contributed by atoms with E-state index < -0.39 is 15.6 Å². The minimum atomic E-state index is -3.72. The average molecular weight is 307 g/mol. The molecule has 3 rings (SSSR count). The smallest absolute Gasteiger partial charge is 0.267 e. The van der Waals surface area contributed by atoms with E-state index in [0.29, 0.717) is 18.7 Å². The van der Waals surface area contributed by atoms with Crippen LogP contribution >= 0.6 is 0 Å². The van der Waals surface area contributed by atoms with Crippen LogP contribution in [-0.2, 0) is 20.4 Å². The Kier molecular flexibility index (Phi) is 3.39. The van der Waals surface area contributed by atoms with Gasteiger partial charge in [-0.05, 0) is 31.2 Å². The maximum absolute atomic E-state index is 12.7. The third kappa shape index (κ3) is 2.39. The number of benzene rings is 1. The van der Waals surface area contributed by atoms with Crippen molar-refractivity contribution in [1.82, 2.24) is 3.97 Å². The molecule has 0 radical (unpaired) electrons. The van der Waals surface area contributed by atoms with E-state index in [4.69, 9.17) is 4.74 Å². The van der Waals surface area contributed by atoms with Crippen molar-refractivity contribution < 1.29 is 18.3 Å². The van der Waals surface area contributed by atoms with Crippen molar-refractivity contribution in [3.05, 3.63) is 53.9 Å². The zero-order valence-corrected chi connectivity index (χ0v) is 12.5. The summed E-state index contributed by atoms with van der Waals surface area (Å²) in [4.78, 5) is 0.202. The van der Waals surface area contributed by atoms with Crippen LogP contribution in [0, 0.1) is 6.92 Å². The van der Waals surface area contributed by atoms with Crippen LogP contribution in [0.2, 0.25) is 0 Å². The van der Waals surface area contributed by atoms with Gasteiger partial charge in [0.1, 0.15) is 5.60 Å². The van der Waals surface area contributed by atoms with Gasteiger partial charge in [0.25, 0.3) is 10.0 Å². The summed E-state index contributed by atoms with van der Waals surface area (Å²) in [6, 6.07) is 9.90. The van der Waals surface area contributed by atoms with Crippen LogP contribution in [0.5, 0.6) is 0 Å². The highest BCUT2D eigenvalue weighted by Crippen LogP contribution is 2.32. The SMILES string of the molecule is Cc1ccc(S(=O)(=O)n2cccc2C2(O)CCOC2)cc1. The quantitative estimate of drug-likeness (QED) is 0.936. The second kappa shape index (κ2) is 4.98. The molecule has 2 aromatic rings. The Hall–Kier alpha value is -1.63. The molecule has 0 saturated carbocycles. The molecular formula is C15H17NO4S. The van der Waals surface area contributed by atoms with Crippen molar-refractivity contribution >= 4 is 10.0 Å². The molecule has 1 atom stereocenters. The fourth-order valence-corrected chi connectivity index (χ4v) is 3.94. The third-order valence-corrected chi connectivity index (χ3v) is 5.47. The van der Waals surface area contributed by atoms with Crippen molar-refractivity contribution in [2.75, 3.05) is 13.2 Å². The number of nitrogens with zero attached hydrogens (tertiary/aromatic N) is 1. The van der Waals surface area contributed by atoms with Gasteiger partial charge in [-0.3, -0.25) is 0 Å². The van der Waals surface area contributed by atoms with Crippen LogP contribution in [0.1, 0.15) is 17.7 Å². The molecule has 1 N–H and O–H groups in total. The fraction of sp³-hybridized carbons (Fsp3) is 0.333. The van der Waals surface area contributed by atoms with Gasteiger partial charge in [-0.15, -0.1) is 0 Å². The Morgan fingerprint density at radius 2 is 1.95 bits per heavy atom. The summed E-state index contributed by atoms with van der Waals surface area (Å²) < 4.78 is 31.8. The molecule has 2 heterocycles. The highest BCUT2D eigenvalue weighted by molar-refractivity contribution is 7.90. The number of aryl methyl sites for hydroxylation is 1. The predicted octanol–water partition coefficient (Wildman–Crippen LogP) is 1.64. The average Bonchev–Trinajstić information content (AvgIpc) is 3.08. The molecule has 5 nitrogen and oxygen atoms in total. The van der Waals surface area contributed by atoms with Crippen molar-refractivity contribution in [3.63, 3.8) is 0 Å². The summed E-state index contributed by atoms with van der Waals surface area (Å²) in [7, 11) is -3.72. The van der Waals surface area contributed by atoms with Crippen LogP contribution < -0.4 is 0 Å². The zero-order valence-electron chi connectivity index (χ0n) is 11.7. The first-order valence-electron chi connectivity index (χ1n) is 6.74. The van der Waals surface area contributed by atoms with Gasteiger partial charge in [0.05, 0.1) is 17.2 Å². The minimum Gasteiger partial charge on any atom is -0.381 e. The highest BCUT2D eigenvalue weighted by atomic mass is 32.2. The third-order valence-electron chi connectivity index (χ3n) is 3.77. The molecule has 1 aromatic carbocycles. The van der Waals surface area contributed by atoms with Crippen LogP contribution in [-0.4, -0.2) is 30.7 Å². The topological polar surface area (TPSA) is 68.5 Å². The summed E-state index contributed by atoms with van der Waals surface area (Å²) in [6.45, 7) is 2.43. The Morgan fingerprint density at radius 3 is 2.57 bits per heavy atom. The van der Waals surface area contributed by atoms with E-state index in [1.165, 1.54) is 6.20 Å². The highest BCUT2D eigenvalue weighted by Gasteiger charge is 2.38. The second-order valence-corrected chi connectivity index (χ2v) is 7.16. The Bertz CT molecular complexity index is 740. The number of hydrogen-bond donors (Lipinski definition) is 1. The molecular weight excluding hydrogens is 290 g/mol. The molecule has 1 fully saturated rings. The lowest BCUT2D eigenvalue weighted by molar-refractivity contribution is 0.0188. The Balaban J connectivity index is 2.08. The van der Waals surface area contributed by atoms with E-state index in [1.54, 1.807) is 36.4 Å². The molecule has 112 valence electrons. The summed E-state index contributed by atoms with van der Waals surface area (Å²) >= 11 is 0. The molecule has 21 heavy (non-hydrogen) atoms. The number of aromatic nitrogens is 1. The van der Waals surface area contributed by atoms with Gasteiger partial charge >= 0.3 is 0 Å². The van der Waals surface area contributed by atoms with E-state index in [9.17, 15) is 13.5 Å². The molecule has 1 saturated heterocycles. The van der Waals surface area contributed by atoms with Crippen molar-refractivity contribution in [3.8, 4) is 0 Å². The van der Waals surface area contributed by atoms with E-state index in [-0.39, 0.29) is 11.5 Å². The number of hydrogen-bond acceptors (Lipinski definition) is 4. The molecule has 1 aliphatic rings. The molecule has 1 aliphatic heterocycles. The number of rotatable bonds is 3. The van der Waals surface area contributed by atoms with Gasteiger partial charge < -0.3 is 9.84 Å². The maximum Gasteiger partial charge on any atom is 0.267 e. The minimum absolute atomic E-state index is 0.112. The fourth-order valence-electron chi connectivity index (χ4n) is 2.52. The molecule has 0 aliphatic carbocycles.